The number of nitrogens with zero attached hydrogens (tertiary/aromatic N) is 5. The molecule has 0 bridgehead atoms. The summed E-state index contributed by atoms with van der Waals surface area (Å²) in [7, 11) is -13.0. The zero-order chi connectivity index (χ0) is 50.1. The van der Waals surface area contributed by atoms with Crippen LogP contribution in [0.4, 0.5) is 11.4 Å². The third-order valence-electron chi connectivity index (χ3n) is 12.6. The van der Waals surface area contributed by atoms with E-state index in [9.17, 15) is 48.7 Å². The Balaban J connectivity index is 1.64. The first kappa shape index (κ1) is 53.9. The topological polar surface area (TPSA) is 246 Å². The molecule has 0 N–H and O–H groups in total. The quantitative estimate of drug-likeness (QED) is 0.0237. The van der Waals surface area contributed by atoms with Crippen LogP contribution < -0.4 is 4.90 Å². The van der Waals surface area contributed by atoms with Gasteiger partial charge >= 0.3 is 20.0 Å². The van der Waals surface area contributed by atoms with Crippen molar-refractivity contribution in [1.29, 1.82) is 0 Å². The van der Waals surface area contributed by atoms with Crippen molar-refractivity contribution in [3.63, 3.8) is 0 Å². The van der Waals surface area contributed by atoms with Crippen LogP contribution in [0.1, 0.15) is 117 Å². The molecule has 21 heteroatoms. The highest BCUT2D eigenvalue weighted by molar-refractivity contribution is 7.90. The van der Waals surface area contributed by atoms with Gasteiger partial charge in [0.2, 0.25) is 5.69 Å². The molecule has 2 aromatic rings. The van der Waals surface area contributed by atoms with E-state index in [1.54, 1.807) is 12.1 Å². The number of rotatable bonds is 24. The Labute approximate surface area is 402 Å². The molecule has 1 aliphatic carbocycles. The number of allylic oxidation sites excluding steroid dienone is 10. The summed E-state index contributed by atoms with van der Waals surface area (Å²) in [6, 6.07) is 8.88. The summed E-state index contributed by atoms with van der Waals surface area (Å²) in [5, 5.41) is 0. The molecular formula is C47H59N5O12S4. The molecule has 0 fully saturated rings. The summed E-state index contributed by atoms with van der Waals surface area (Å²) in [6.45, 7) is 12.5. The van der Waals surface area contributed by atoms with Gasteiger partial charge in [0.15, 0.2) is 5.71 Å². The summed E-state index contributed by atoms with van der Waals surface area (Å²) in [5.41, 5.74) is 4.86. The average molecular weight is 1010 g/mol. The van der Waals surface area contributed by atoms with Gasteiger partial charge in [0.25, 0.3) is 10.0 Å². The third kappa shape index (κ3) is 12.4. The van der Waals surface area contributed by atoms with Crippen LogP contribution in [-0.4, -0.2) is 68.9 Å². The van der Waals surface area contributed by atoms with Gasteiger partial charge < -0.3 is 14.2 Å². The first-order valence-electron chi connectivity index (χ1n) is 22.4. The fourth-order valence-corrected chi connectivity index (χ4v) is 11.4. The van der Waals surface area contributed by atoms with Crippen molar-refractivity contribution in [3.05, 3.63) is 133 Å². The number of anilines is 1. The van der Waals surface area contributed by atoms with Crippen molar-refractivity contribution in [2.45, 2.75) is 126 Å². The first-order valence-corrected chi connectivity index (χ1v) is 28.2. The number of hydrogen-bond donors (Lipinski definition) is 0. The summed E-state index contributed by atoms with van der Waals surface area (Å²) < 4.78 is 113. The van der Waals surface area contributed by atoms with Gasteiger partial charge in [-0.25, -0.2) is 8.42 Å². The summed E-state index contributed by atoms with van der Waals surface area (Å²) >= 11 is -2.20. The molecular weight excluding hydrogens is 955 g/mol. The van der Waals surface area contributed by atoms with Crippen molar-refractivity contribution < 1.29 is 43.3 Å². The van der Waals surface area contributed by atoms with E-state index in [-0.39, 0.29) is 22.0 Å². The van der Waals surface area contributed by atoms with Gasteiger partial charge in [0, 0.05) is 53.6 Å². The van der Waals surface area contributed by atoms with Gasteiger partial charge in [-0.1, -0.05) is 56.2 Å². The molecule has 0 saturated carbocycles. The highest BCUT2D eigenvalue weighted by Gasteiger charge is 2.46. The lowest BCUT2D eigenvalue weighted by Crippen LogP contribution is -2.30. The predicted molar refractivity (Wildman–Crippen MR) is 264 cm³/mol. The smallest absolute Gasteiger partial charge is 0.316 e. The van der Waals surface area contributed by atoms with Crippen LogP contribution in [-0.2, 0) is 56.7 Å². The molecule has 0 saturated heterocycles. The summed E-state index contributed by atoms with van der Waals surface area (Å²) in [4.78, 5) is 35.1. The Morgan fingerprint density at radius 1 is 0.853 bits per heavy atom. The van der Waals surface area contributed by atoms with Gasteiger partial charge in [0.1, 0.15) is 18.1 Å². The Morgan fingerprint density at radius 3 is 2.16 bits per heavy atom. The normalized spacial score (nSPS) is 19.0. The van der Waals surface area contributed by atoms with Gasteiger partial charge in [-0.05, 0) is 137 Å². The highest BCUT2D eigenvalue weighted by Crippen LogP contribution is 2.49. The van der Waals surface area contributed by atoms with Crippen molar-refractivity contribution in [2.24, 2.45) is 13.7 Å². The second kappa shape index (κ2) is 22.6. The van der Waals surface area contributed by atoms with Crippen molar-refractivity contribution in [3.8, 4) is 0 Å². The Morgan fingerprint density at radius 2 is 1.53 bits per heavy atom. The largest absolute Gasteiger partial charge is 0.772 e. The molecule has 5 rings (SSSR count). The highest BCUT2D eigenvalue weighted by atomic mass is 32.2. The molecule has 1 unspecified atom stereocenters. The van der Waals surface area contributed by atoms with Crippen molar-refractivity contribution >= 4 is 58.2 Å². The number of sulfonamides is 3. The second-order valence-corrected chi connectivity index (χ2v) is 23.7. The van der Waals surface area contributed by atoms with Gasteiger partial charge in [-0.3, -0.25) is 4.21 Å². The van der Waals surface area contributed by atoms with E-state index >= 15 is 0 Å². The molecule has 0 amide bonds. The molecule has 368 valence electrons. The minimum atomic E-state index is -4.46. The van der Waals surface area contributed by atoms with E-state index in [1.807, 2.05) is 89.0 Å². The summed E-state index contributed by atoms with van der Waals surface area (Å²) in [5.74, 6) is 0.831. The lowest BCUT2D eigenvalue weighted by molar-refractivity contribution is -0.440. The number of ether oxygens (including phenoxy) is 1. The maximum absolute atomic E-state index is 12.6. The predicted octanol–water partition coefficient (Wildman–Crippen LogP) is 9.78. The SMILES string of the molecule is C\C=C/C(=C\C=C\CC)OC1=C(CCC2=[N+](CCCCS(=O)[O-])c3ccc(S(=O)(=O)N=O)cc3C2(C)C)CCC/C1=C\C=C1\N(CCCCS(=O)(=O)N=O)c2ccc(S(=O)(=O)N=O)cc2C1(C)C. The monoisotopic (exact) mass is 1010 g/mol. The van der Waals surface area contributed by atoms with Crippen LogP contribution >= 0.6 is 0 Å². The molecule has 2 heterocycles. The molecule has 0 radical (unpaired) electrons. The molecule has 17 nitrogen and oxygen atoms in total. The van der Waals surface area contributed by atoms with Crippen LogP contribution in [0.15, 0.2) is 131 Å². The maximum atomic E-state index is 12.6. The zero-order valence-electron chi connectivity index (χ0n) is 39.2. The molecule has 0 spiro atoms. The lowest BCUT2D eigenvalue weighted by Gasteiger charge is -2.28. The molecule has 3 aliphatic rings. The van der Waals surface area contributed by atoms with E-state index < -0.39 is 57.7 Å². The number of unbranched alkanes of at least 4 members (excludes halogenated alkanes) is 2. The minimum absolute atomic E-state index is 0.00103. The van der Waals surface area contributed by atoms with Crippen LogP contribution in [0, 0.1) is 14.7 Å². The number of hydrogen-bond acceptors (Lipinski definition) is 13. The lowest BCUT2D eigenvalue weighted by atomic mass is 9.79. The fraction of sp³-hybridized carbons (Fsp3) is 0.468. The third-order valence-corrected chi connectivity index (χ3v) is 16.3. The van der Waals surface area contributed by atoms with Crippen LogP contribution in [0.3, 0.4) is 0 Å². The van der Waals surface area contributed by atoms with E-state index in [1.165, 1.54) is 24.3 Å². The molecule has 1 atom stereocenters. The fourth-order valence-electron chi connectivity index (χ4n) is 9.11. The Hall–Kier alpha value is -5.09. The second-order valence-electron chi connectivity index (χ2n) is 17.8. The summed E-state index contributed by atoms with van der Waals surface area (Å²) in [6.07, 6.45) is 18.9. The zero-order valence-corrected chi connectivity index (χ0v) is 42.4. The minimum Gasteiger partial charge on any atom is -0.772 e. The Kier molecular flexibility index (Phi) is 17.9. The van der Waals surface area contributed by atoms with E-state index in [0.717, 1.165) is 41.1 Å². The number of fused-ring (bicyclic) bond motifs is 2. The molecule has 2 aromatic carbocycles. The standard InChI is InChI=1S/C47H59N5O12S4/c1-7-9-10-19-36(16-8-2)64-45-34(20-26-43-46(3,4)39-32-37(67(60,61)49-54)22-24-41(39)51(43)28-11-13-30-65(56)57)17-15-18-35(45)21-27-44-47(5,6)40-33-38(68(62,63)50-55)23-25-42(40)52(44)29-12-14-31-66(58,59)48-53/h8-10,16,19,21-25,27,32-33H,7,11-15,17-18,20,26,28-31H2,1-6H3/b10-9+,16-8-,35-21+,36-19+,44-27+. The van der Waals surface area contributed by atoms with Crippen LogP contribution in [0.25, 0.3) is 0 Å². The van der Waals surface area contributed by atoms with E-state index in [0.29, 0.717) is 86.4 Å². The van der Waals surface area contributed by atoms with Crippen LogP contribution in [0.5, 0.6) is 0 Å². The van der Waals surface area contributed by atoms with Gasteiger partial charge in [-0.2, -0.15) is 21.4 Å². The number of nitroso groups, excluding NO2 is 3. The van der Waals surface area contributed by atoms with Crippen molar-refractivity contribution in [2.75, 3.05) is 29.5 Å². The van der Waals surface area contributed by atoms with E-state index in [2.05, 4.69) is 18.3 Å². The van der Waals surface area contributed by atoms with Crippen LogP contribution in [0.2, 0.25) is 0 Å². The average Bonchev–Trinajstić information content (AvgIpc) is 3.65. The van der Waals surface area contributed by atoms with Gasteiger partial charge in [-0.15, -0.1) is 14.7 Å². The van der Waals surface area contributed by atoms with Crippen molar-refractivity contribution in [1.82, 2.24) is 0 Å². The first-order chi connectivity index (χ1) is 32.1. The van der Waals surface area contributed by atoms with E-state index in [4.69, 9.17) is 4.74 Å². The molecule has 0 aromatic heterocycles. The molecule has 68 heavy (non-hydrogen) atoms. The number of benzene rings is 2. The molecule has 2 aliphatic heterocycles. The van der Waals surface area contributed by atoms with Gasteiger partial charge in [0.05, 0.1) is 34.7 Å². The Bertz CT molecular complexity index is 2890. The maximum Gasteiger partial charge on any atom is 0.316 e.